The van der Waals surface area contributed by atoms with Gasteiger partial charge in [-0.1, -0.05) is 42.1 Å². The number of aromatic nitrogens is 4. The molecule has 3 heterocycles. The molecule has 0 saturated carbocycles. The van der Waals surface area contributed by atoms with Gasteiger partial charge < -0.3 is 18.4 Å². The largest absolute Gasteiger partial charge is 1.00 e. The number of carbonyl (C=O) groups is 3. The number of hydrogen-bond acceptors (Lipinski definition) is 11. The van der Waals surface area contributed by atoms with E-state index in [1.807, 2.05) is 0 Å². The number of carboxylic acids is 1. The number of aliphatic hydroxyl groups excluding tert-OH is 1. The topological polar surface area (TPSA) is 205 Å². The fourth-order valence-electron chi connectivity index (χ4n) is 3.50. The van der Waals surface area contributed by atoms with Crippen molar-refractivity contribution in [2.24, 2.45) is 0 Å². The molecule has 0 spiro atoms. The Kier molecular flexibility index (Phi) is 11.7. The van der Waals surface area contributed by atoms with Crippen molar-refractivity contribution >= 4 is 51.4 Å². The summed E-state index contributed by atoms with van der Waals surface area (Å²) in [5, 5.41) is 32.4. The molecule has 14 nitrogen and oxygen atoms in total. The third-order valence-corrected chi connectivity index (χ3v) is 8.03. The molecule has 1 saturated heterocycles. The molecule has 4 rings (SSSR count). The summed E-state index contributed by atoms with van der Waals surface area (Å²) in [5.41, 5.74) is 0.480. The first-order valence-corrected chi connectivity index (χ1v) is 13.5. The number of amides is 2. The predicted octanol–water partition coefficient (Wildman–Crippen LogP) is -6.68. The summed E-state index contributed by atoms with van der Waals surface area (Å²) >= 11 is 2.17. The second-order valence-corrected chi connectivity index (χ2v) is 10.9. The van der Waals surface area contributed by atoms with Gasteiger partial charge in [-0.3, -0.25) is 19.0 Å². The van der Waals surface area contributed by atoms with Crippen molar-refractivity contribution in [3.05, 3.63) is 47.2 Å². The maximum absolute atomic E-state index is 12.8. The van der Waals surface area contributed by atoms with E-state index in [2.05, 4.69) is 20.8 Å². The number of nitrogens with one attached hydrogen (secondary N) is 1. The zero-order chi connectivity index (χ0) is 25.3. The molecule has 1 aromatic carbocycles. The van der Waals surface area contributed by atoms with Crippen LogP contribution in [0.25, 0.3) is 0 Å². The van der Waals surface area contributed by atoms with E-state index in [9.17, 15) is 33.0 Å². The minimum absolute atomic E-state index is 0. The van der Waals surface area contributed by atoms with Crippen LogP contribution in [-0.2, 0) is 30.4 Å². The predicted molar refractivity (Wildman–Crippen MR) is 123 cm³/mol. The molecule has 2 aliphatic rings. The van der Waals surface area contributed by atoms with Crippen LogP contribution in [0, 0.1) is 0 Å². The van der Waals surface area contributed by atoms with Gasteiger partial charge in [-0.25, -0.2) is 9.48 Å². The zero-order valence-electron chi connectivity index (χ0n) is 21.6. The summed E-state index contributed by atoms with van der Waals surface area (Å²) in [7, 11) is -4.40. The molecule has 2 aliphatic heterocycles. The number of thioether (sulfide) groups is 2. The molecular weight excluding hydrogens is 570 g/mol. The summed E-state index contributed by atoms with van der Waals surface area (Å²) < 4.78 is 32.0. The number of aliphatic carboxylic acids is 1. The van der Waals surface area contributed by atoms with Crippen molar-refractivity contribution in [1.29, 1.82) is 0 Å². The van der Waals surface area contributed by atoms with Crippen LogP contribution in [0.4, 0.5) is 0 Å². The Balaban J connectivity index is 0.00000361. The molecule has 0 aliphatic carbocycles. The molecule has 190 valence electrons. The third-order valence-electron chi connectivity index (χ3n) is 5.07. The fraction of sp³-hybridized carbons (Fsp3) is 0.333. The van der Waals surface area contributed by atoms with Gasteiger partial charge in [0.25, 0.3) is 21.9 Å². The van der Waals surface area contributed by atoms with E-state index < -0.39 is 51.3 Å². The molecule has 37 heavy (non-hydrogen) atoms. The second-order valence-electron chi connectivity index (χ2n) is 7.43. The Morgan fingerprint density at radius 1 is 1.27 bits per heavy atom. The van der Waals surface area contributed by atoms with E-state index in [0.717, 1.165) is 21.3 Å². The van der Waals surface area contributed by atoms with Crippen LogP contribution in [0.2, 0.25) is 0 Å². The van der Waals surface area contributed by atoms with E-state index in [1.165, 1.54) is 11.8 Å². The normalized spacial score (nSPS) is 19.6. The third kappa shape index (κ3) is 7.36. The van der Waals surface area contributed by atoms with Gasteiger partial charge in [-0.2, -0.15) is 8.42 Å². The average Bonchev–Trinajstić information content (AvgIpc) is 3.25. The first kappa shape index (κ1) is 32.2. The summed E-state index contributed by atoms with van der Waals surface area (Å²) in [6.07, 6.45) is -1.48. The van der Waals surface area contributed by atoms with Crippen molar-refractivity contribution in [3.63, 3.8) is 0 Å². The Labute approximate surface area is 266 Å². The van der Waals surface area contributed by atoms with E-state index in [1.54, 1.807) is 30.3 Å². The van der Waals surface area contributed by atoms with E-state index in [4.69, 9.17) is 4.55 Å². The van der Waals surface area contributed by atoms with E-state index in [0.29, 0.717) is 11.1 Å². The molecule has 0 unspecified atom stereocenters. The molecule has 0 bridgehead atoms. The molecule has 19 heteroatoms. The summed E-state index contributed by atoms with van der Waals surface area (Å²) in [6, 6.07) is 7.17. The maximum atomic E-state index is 12.8. The van der Waals surface area contributed by atoms with Crippen LogP contribution in [0.3, 0.4) is 0 Å². The minimum Gasteiger partial charge on any atom is -1.00 e. The summed E-state index contributed by atoms with van der Waals surface area (Å²) in [4.78, 5) is 38.3. The number of aliphatic hydroxyl groups is 1. The van der Waals surface area contributed by atoms with E-state index >= 15 is 0 Å². The van der Waals surface area contributed by atoms with Crippen LogP contribution in [0.5, 0.6) is 0 Å². The van der Waals surface area contributed by atoms with Gasteiger partial charge in [0, 0.05) is 11.5 Å². The fourth-order valence-corrected chi connectivity index (χ4v) is 6.43. The molecule has 0 radical (unpaired) electrons. The molecule has 1 fully saturated rings. The van der Waals surface area contributed by atoms with Gasteiger partial charge >= 0.3 is 65.1 Å². The van der Waals surface area contributed by atoms with Crippen molar-refractivity contribution in [1.82, 2.24) is 30.4 Å². The van der Waals surface area contributed by atoms with Gasteiger partial charge in [-0.15, -0.1) is 16.9 Å². The van der Waals surface area contributed by atoms with Crippen molar-refractivity contribution in [2.75, 3.05) is 11.5 Å². The number of β-lactam (4-membered cyclic amide) rings is 1. The zero-order valence-corrected chi connectivity index (χ0v) is 26.0. The second kappa shape index (κ2) is 13.4. The average molecular weight is 591 g/mol. The van der Waals surface area contributed by atoms with Crippen LogP contribution in [0.1, 0.15) is 14.5 Å². The molecule has 1 aromatic heterocycles. The van der Waals surface area contributed by atoms with Crippen LogP contribution in [0.15, 0.2) is 46.8 Å². The van der Waals surface area contributed by atoms with Crippen LogP contribution < -0.4 is 64.4 Å². The smallest absolute Gasteiger partial charge is 1.00 e. The number of rotatable bonds is 9. The molecular formula is C18H20N6Na2O8S3. The molecule has 2 amide bonds. The van der Waals surface area contributed by atoms with Crippen molar-refractivity contribution in [2.45, 2.75) is 28.6 Å². The number of carbonyl (C=O) groups excluding carboxylic acids is 2. The first-order valence-electron chi connectivity index (χ1n) is 9.84. The Hall–Kier alpha value is -0.990. The quantitative estimate of drug-likeness (QED) is 0.0929. The van der Waals surface area contributed by atoms with E-state index in [-0.39, 0.29) is 84.3 Å². The number of tetrazole rings is 1. The standard InChI is InChI=1S/C18H18N6O8S3.2Na.2H/c25-13(9-4-2-1-3-5-9)14(26)19-11-15(27)24-12(17(28)29)10(6-33-16(11)24)7-34-18-20-21-22-23(18)8-35(30,31)32;;;;/h1-5,11,13,16,25H,6-8H2,(H,19,26)(H,28,29)(H,30,31,32);;;;/q;2*+1;2*-1/t11-,13-,16-;;;;/m1..../s1. The SMILES string of the molecule is O=C(O)C1=C(CSc2nnnn2CS(=O)(=O)O)CS[C@@H]2[C@H](NC(=O)[C@H](O)c3ccccc3)C(=O)N12.[H-].[H-].[Na+].[Na+]. The Morgan fingerprint density at radius 3 is 2.57 bits per heavy atom. The van der Waals surface area contributed by atoms with Crippen LogP contribution in [-0.4, -0.2) is 89.0 Å². The number of benzene rings is 1. The van der Waals surface area contributed by atoms with Crippen LogP contribution >= 0.6 is 23.5 Å². The van der Waals surface area contributed by atoms with Gasteiger partial charge in [0.1, 0.15) is 17.1 Å². The Bertz CT molecular complexity index is 1320. The monoisotopic (exact) mass is 590 g/mol. The number of fused-ring (bicyclic) bond motifs is 1. The molecule has 2 aromatic rings. The van der Waals surface area contributed by atoms with Gasteiger partial charge in [0.2, 0.25) is 5.16 Å². The Morgan fingerprint density at radius 2 is 1.95 bits per heavy atom. The number of carboxylic acid groups (broad SMARTS) is 1. The first-order chi connectivity index (χ1) is 16.6. The maximum Gasteiger partial charge on any atom is 1.00 e. The molecule has 3 atom stereocenters. The van der Waals surface area contributed by atoms with Crippen molar-refractivity contribution in [3.8, 4) is 0 Å². The van der Waals surface area contributed by atoms with Gasteiger partial charge in [0.15, 0.2) is 12.0 Å². The summed E-state index contributed by atoms with van der Waals surface area (Å²) in [5.74, 6) is -3.39. The van der Waals surface area contributed by atoms with Gasteiger partial charge in [-0.05, 0) is 21.6 Å². The number of nitrogens with zero attached hydrogens (tertiary/aromatic N) is 5. The summed E-state index contributed by atoms with van der Waals surface area (Å²) in [6.45, 7) is 0. The molecule has 4 N–H and O–H groups in total. The minimum atomic E-state index is -4.40. The van der Waals surface area contributed by atoms with Crippen molar-refractivity contribution < 1.29 is 99.5 Å². The van der Waals surface area contributed by atoms with Gasteiger partial charge in [0.05, 0.1) is 0 Å². The number of hydrogen-bond donors (Lipinski definition) is 4.